The number of ether oxygens (including phenoxy) is 2. The van der Waals surface area contributed by atoms with E-state index in [1.807, 2.05) is 40.7 Å². The number of carbonyl (C=O) groups is 2. The number of aromatic nitrogens is 4. The Balaban J connectivity index is 0.000000996. The summed E-state index contributed by atoms with van der Waals surface area (Å²) in [6.07, 6.45) is 7.93. The molecule has 392 valence electrons. The van der Waals surface area contributed by atoms with Gasteiger partial charge in [-0.25, -0.2) is 8.78 Å². The van der Waals surface area contributed by atoms with Gasteiger partial charge in [-0.05, 0) is 183 Å². The van der Waals surface area contributed by atoms with Crippen molar-refractivity contribution in [1.29, 1.82) is 0 Å². The number of fused-ring (bicyclic) bond motifs is 2. The minimum atomic E-state index is -1.26. The van der Waals surface area contributed by atoms with E-state index in [0.717, 1.165) is 9.86 Å². The molecule has 0 bridgehead atoms. The van der Waals surface area contributed by atoms with Crippen molar-refractivity contribution in [3.05, 3.63) is 122 Å². The van der Waals surface area contributed by atoms with Crippen LogP contribution in [0.1, 0.15) is 62.8 Å². The Morgan fingerprint density at radius 2 is 1.21 bits per heavy atom. The number of halogens is 3. The van der Waals surface area contributed by atoms with Crippen LogP contribution in [0.25, 0.3) is 32.7 Å². The fourth-order valence-electron chi connectivity index (χ4n) is 6.62. The summed E-state index contributed by atoms with van der Waals surface area (Å²) in [5, 5.41) is 2.63. The van der Waals surface area contributed by atoms with Gasteiger partial charge >= 0.3 is 7.12 Å². The Morgan fingerprint density at radius 3 is 1.59 bits per heavy atom. The van der Waals surface area contributed by atoms with Crippen LogP contribution in [-0.4, -0.2) is 193 Å². The van der Waals surface area contributed by atoms with Gasteiger partial charge in [0, 0.05) is 87.1 Å². The van der Waals surface area contributed by atoms with Crippen LogP contribution in [0.4, 0.5) is 8.78 Å². The molecule has 0 spiro atoms. The van der Waals surface area contributed by atoms with Gasteiger partial charge in [0.1, 0.15) is 29.3 Å². The van der Waals surface area contributed by atoms with Crippen molar-refractivity contribution in [2.75, 3.05) is 20.4 Å². The summed E-state index contributed by atoms with van der Waals surface area (Å²) in [6.45, 7) is 9.48. The predicted octanol–water partition coefficient (Wildman–Crippen LogP) is 1.66. The normalized spacial score (nSPS) is 12.2. The first-order valence-electron chi connectivity index (χ1n) is 23.4. The molecule has 0 aliphatic carbocycles. The van der Waals surface area contributed by atoms with Crippen molar-refractivity contribution in [3.63, 3.8) is 0 Å². The maximum absolute atomic E-state index is 14.2. The zero-order valence-electron chi connectivity index (χ0n) is 45.0. The number of aldehydes is 2. The number of rotatable bonds is 12. The van der Waals surface area contributed by atoms with Crippen molar-refractivity contribution < 1.29 is 62.1 Å². The van der Waals surface area contributed by atoms with Crippen LogP contribution in [0.2, 0.25) is 0 Å². The van der Waals surface area contributed by atoms with Crippen molar-refractivity contribution in [2.45, 2.75) is 53.2 Å². The topological polar surface area (TPSA) is 158 Å². The molecule has 7 rings (SSSR count). The Hall–Kier alpha value is -3.36. The average molecular weight is 1250 g/mol. The molecule has 0 amide bonds. The van der Waals surface area contributed by atoms with Crippen LogP contribution in [0, 0.1) is 11.6 Å². The molecule has 1 atom stereocenters. The Bertz CT molecular complexity index is 3100. The predicted molar refractivity (Wildman–Crippen MR) is 343 cm³/mol. The number of aryl methyl sites for hydroxylation is 2. The first-order valence-corrected chi connectivity index (χ1v) is 26.7. The summed E-state index contributed by atoms with van der Waals surface area (Å²) in [5.41, 5.74) is 0.189. The number of methoxy groups -OCH3 is 2. The van der Waals surface area contributed by atoms with Crippen LogP contribution >= 0.6 is 22.9 Å². The van der Waals surface area contributed by atoms with Crippen molar-refractivity contribution >= 4 is 205 Å². The molecule has 0 saturated carbocycles. The largest absolute Gasteiger partial charge is 0.729 e. The third-order valence-electron chi connectivity index (χ3n) is 11.9. The van der Waals surface area contributed by atoms with Crippen LogP contribution in [0.5, 0.6) is 11.5 Å². The van der Waals surface area contributed by atoms with E-state index in [1.165, 1.54) is 48.7 Å². The Morgan fingerprint density at radius 1 is 0.787 bits per heavy atom. The van der Waals surface area contributed by atoms with Crippen LogP contribution in [0.3, 0.4) is 0 Å². The molecule has 13 nitrogen and oxygen atoms in total. The van der Waals surface area contributed by atoms with E-state index in [9.17, 15) is 32.5 Å². The monoisotopic (exact) mass is 1250 g/mol. The molecule has 37 heteroatoms. The fourth-order valence-corrected chi connectivity index (χ4v) is 7.27. The maximum Gasteiger partial charge on any atom is 0.495 e. The smallest absolute Gasteiger partial charge is 0.495 e. The minimum absolute atomic E-state index is 0. The molecule has 1 unspecified atom stereocenters. The van der Waals surface area contributed by atoms with E-state index in [4.69, 9.17) is 96.2 Å². The second-order valence-electron chi connectivity index (χ2n) is 18.0. The molecular formula is C43H47B18BrF2N4O9PPdS-3. The second-order valence-corrected chi connectivity index (χ2v) is 21.4. The molecule has 5 heterocycles. The third kappa shape index (κ3) is 21.4. The number of benzene rings is 2. The van der Waals surface area contributed by atoms with Gasteiger partial charge in [0.2, 0.25) is 7.00 Å². The molecular weight excluding hydrogens is 1200 g/mol. The summed E-state index contributed by atoms with van der Waals surface area (Å²) in [6, 6.07) is 9.16. The molecule has 6 aromatic rings. The van der Waals surface area contributed by atoms with Gasteiger partial charge in [0.05, 0.1) is 47.3 Å². The van der Waals surface area contributed by atoms with Crippen molar-refractivity contribution in [2.24, 2.45) is 14.1 Å². The summed E-state index contributed by atoms with van der Waals surface area (Å²) in [5.74, 6) is -1.01. The van der Waals surface area contributed by atoms with E-state index in [0.29, 0.717) is 51.5 Å². The molecule has 4 aromatic heterocycles. The summed E-state index contributed by atoms with van der Waals surface area (Å²) in [4.78, 5) is 53.5. The number of carbonyl (C=O) groups excluding carboxylic acids is 2. The summed E-state index contributed by atoms with van der Waals surface area (Å²) >= 11 is 7.68. The summed E-state index contributed by atoms with van der Waals surface area (Å²) in [7, 11) is 57.4. The Kier molecular flexibility index (Phi) is 34.2. The fraction of sp³-hybridized carbons (Fsp3) is 0.302. The van der Waals surface area contributed by atoms with E-state index < -0.39 is 68.9 Å². The second kappa shape index (κ2) is 35.7. The van der Waals surface area contributed by atoms with Gasteiger partial charge in [-0.3, -0.25) is 36.2 Å². The van der Waals surface area contributed by atoms with Crippen molar-refractivity contribution in [1.82, 2.24) is 19.1 Å². The van der Waals surface area contributed by atoms with Gasteiger partial charge in [-0.2, -0.15) is 0 Å². The zero-order valence-corrected chi connectivity index (χ0v) is 49.8. The first kappa shape index (κ1) is 76.6. The quantitative estimate of drug-likeness (QED) is 0.0758. The van der Waals surface area contributed by atoms with Crippen LogP contribution < -0.4 is 26.1 Å². The first-order chi connectivity index (χ1) is 36.4. The average Bonchev–Trinajstić information content (AvgIpc) is 3.61. The van der Waals surface area contributed by atoms with Crippen LogP contribution in [0.15, 0.2) is 87.6 Å². The van der Waals surface area contributed by atoms with E-state index in [-0.39, 0.29) is 68.0 Å². The van der Waals surface area contributed by atoms with Gasteiger partial charge in [0.25, 0.3) is 11.1 Å². The van der Waals surface area contributed by atoms with Crippen molar-refractivity contribution in [3.8, 4) is 22.6 Å². The number of hydrogen-bond donors (Lipinski definition) is 0. The SMILES string of the molecule is C.CC[P+](=O)[S-].COc1cc(-c2cn(C)c(=O)c3cnccc23)cc(F)c1C=O.COc1cc(B2OC(C)(C)C(C)(C)O2)cc(F)c1C=O.Cn1cc(Br)c2ccncc2c1=O.[B]B([B])B([B])B([B-])[B-].[B]B([B])B([B][B-])B([B])[B].[Pd]. The summed E-state index contributed by atoms with van der Waals surface area (Å²) < 4.78 is 63.5. The molecule has 1 saturated heterocycles. The van der Waals surface area contributed by atoms with Gasteiger partial charge in [-0.15, -0.1) is 4.57 Å². The standard InChI is InChI=1S/C17H13FN2O3.C14H18BFO4.C9H7BrN2O.C2H5OPS.CH4.B9.B8.Pd/c1-20-8-13(11-3-4-19-7-12(11)17(20)22)10-5-15(18)14(9-21)16(6-10)23-2;1-13(2)14(3,4)20-15(19-13)9-6-11(16)10(8-17)12(7-9)18-5;1-12-5-8(10)6-2-3-11-4-7(6)9(12)13;1-2-4(3)5;;1-6-9(7(2)3)8(4)5;1-6(2)8(5)7(3)4;/h3-9H,1-2H3;6-8H,1-5H3;2-5H,1H3;2H2,1H3;1H4;;;/q;;;;;-1;-2;. The molecule has 1 fully saturated rings. The van der Waals surface area contributed by atoms with E-state index >= 15 is 0 Å². The molecule has 2 aromatic carbocycles. The van der Waals surface area contributed by atoms with Crippen LogP contribution in [-0.2, 0) is 60.6 Å². The molecule has 80 heavy (non-hydrogen) atoms. The van der Waals surface area contributed by atoms with Gasteiger partial charge in [-0.1, -0.05) is 13.8 Å². The molecule has 1 aliphatic heterocycles. The number of hydrogen-bond acceptors (Lipinski definition) is 12. The van der Waals surface area contributed by atoms with E-state index in [1.54, 1.807) is 63.3 Å². The third-order valence-corrected chi connectivity index (χ3v) is 13.8. The maximum atomic E-state index is 14.2. The van der Waals surface area contributed by atoms with Gasteiger partial charge in [0.15, 0.2) is 12.6 Å². The number of nitrogens with zero attached hydrogens (tertiary/aromatic N) is 4. The zero-order chi connectivity index (χ0) is 59.6. The van der Waals surface area contributed by atoms with E-state index in [2.05, 4.69) is 38.1 Å². The molecule has 24 radical (unpaired) electrons. The Labute approximate surface area is 514 Å². The minimum Gasteiger partial charge on any atom is -0.729 e. The molecule has 1 aliphatic rings. The van der Waals surface area contributed by atoms with Gasteiger partial charge < -0.3 is 69.8 Å². The number of pyridine rings is 4. The molecule has 0 N–H and O–H groups in total.